The van der Waals surface area contributed by atoms with Crippen LogP contribution in [0.25, 0.3) is 0 Å². The summed E-state index contributed by atoms with van der Waals surface area (Å²) in [5.41, 5.74) is -0.617. The van der Waals surface area contributed by atoms with Crippen molar-refractivity contribution in [2.75, 3.05) is 0 Å². The summed E-state index contributed by atoms with van der Waals surface area (Å²) in [4.78, 5) is 24.4. The van der Waals surface area contributed by atoms with Crippen molar-refractivity contribution in [2.45, 2.75) is 38.4 Å². The molecule has 38 heavy (non-hydrogen) atoms. The van der Waals surface area contributed by atoms with Gasteiger partial charge in [-0.1, -0.05) is 50.3 Å². The Morgan fingerprint density at radius 3 is 2.11 bits per heavy atom. The quantitative estimate of drug-likeness (QED) is 0.216. The van der Waals surface area contributed by atoms with E-state index in [4.69, 9.17) is 9.47 Å². The van der Waals surface area contributed by atoms with Gasteiger partial charge in [0.2, 0.25) is 6.10 Å². The van der Waals surface area contributed by atoms with E-state index >= 15 is 0 Å². The SMILES string of the molecule is CC1(C)C(/C=C\C(=O)OC(C(F)(F)F)C(F)(F)F)=C1C(=O)OC(C#N)c1cccc(Oc2ccccc2)c1. The molecule has 0 aliphatic heterocycles. The number of carbonyl (C=O) groups is 2. The summed E-state index contributed by atoms with van der Waals surface area (Å²) in [5.74, 6) is -1.95. The Hall–Kier alpha value is -4.27. The van der Waals surface area contributed by atoms with Crippen molar-refractivity contribution in [3.05, 3.63) is 83.5 Å². The summed E-state index contributed by atoms with van der Waals surface area (Å²) >= 11 is 0. The number of esters is 2. The predicted octanol–water partition coefficient (Wildman–Crippen LogP) is 6.52. The number of allylic oxidation sites excluding steroid dienone is 2. The zero-order valence-electron chi connectivity index (χ0n) is 19.8. The van der Waals surface area contributed by atoms with Crippen LogP contribution >= 0.6 is 0 Å². The van der Waals surface area contributed by atoms with Crippen LogP contribution < -0.4 is 4.74 Å². The van der Waals surface area contributed by atoms with Gasteiger partial charge in [0.1, 0.15) is 17.6 Å². The van der Waals surface area contributed by atoms with Gasteiger partial charge in [0, 0.05) is 17.1 Å². The smallest absolute Gasteiger partial charge is 0.434 e. The first kappa shape index (κ1) is 28.3. The van der Waals surface area contributed by atoms with Crippen molar-refractivity contribution in [1.82, 2.24) is 0 Å². The van der Waals surface area contributed by atoms with Gasteiger partial charge >= 0.3 is 24.3 Å². The first-order chi connectivity index (χ1) is 17.6. The largest absolute Gasteiger partial charge is 0.457 e. The number of halogens is 6. The Morgan fingerprint density at radius 1 is 0.921 bits per heavy atom. The van der Waals surface area contributed by atoms with E-state index in [0.29, 0.717) is 23.1 Å². The monoisotopic (exact) mass is 539 g/mol. The van der Waals surface area contributed by atoms with E-state index in [0.717, 1.165) is 6.08 Å². The maximum absolute atomic E-state index is 12.7. The predicted molar refractivity (Wildman–Crippen MR) is 119 cm³/mol. The number of hydrogen-bond donors (Lipinski definition) is 0. The summed E-state index contributed by atoms with van der Waals surface area (Å²) in [5, 5.41) is 9.56. The van der Waals surface area contributed by atoms with Crippen LogP contribution in [0.3, 0.4) is 0 Å². The molecule has 0 heterocycles. The molecular formula is C26H19F6NO5. The summed E-state index contributed by atoms with van der Waals surface area (Å²) in [7, 11) is 0. The molecule has 6 nitrogen and oxygen atoms in total. The second kappa shape index (κ2) is 10.6. The highest BCUT2D eigenvalue weighted by Gasteiger charge is 2.59. The van der Waals surface area contributed by atoms with Crippen LogP contribution in [0.5, 0.6) is 11.5 Å². The standard InChI is InChI=1S/C26H19F6NO5/c1-24(2)18(11-12-20(34)38-23(25(27,28)29)26(30,31)32)21(24)22(35)37-19(14-33)15-7-6-10-17(13-15)36-16-8-4-3-5-9-16/h3-13,19,23H,1-2H3/b12-11-. The first-order valence-electron chi connectivity index (χ1n) is 10.9. The highest BCUT2D eigenvalue weighted by molar-refractivity contribution is 6.00. The van der Waals surface area contributed by atoms with Crippen molar-refractivity contribution in [3.63, 3.8) is 0 Å². The van der Waals surface area contributed by atoms with Crippen molar-refractivity contribution in [2.24, 2.45) is 5.41 Å². The molecule has 2 aromatic rings. The molecule has 0 fully saturated rings. The van der Waals surface area contributed by atoms with E-state index in [2.05, 4.69) is 4.74 Å². The third kappa shape index (κ3) is 6.73. The minimum absolute atomic E-state index is 0.0123. The molecule has 3 rings (SSSR count). The number of benzene rings is 2. The van der Waals surface area contributed by atoms with E-state index < -0.39 is 41.9 Å². The molecule has 2 aromatic carbocycles. The molecule has 0 radical (unpaired) electrons. The molecule has 1 aliphatic rings. The molecule has 0 saturated carbocycles. The maximum Gasteiger partial charge on any atom is 0.434 e. The topological polar surface area (TPSA) is 85.6 Å². The van der Waals surface area contributed by atoms with Gasteiger partial charge in [-0.05, 0) is 29.8 Å². The molecular weight excluding hydrogens is 520 g/mol. The van der Waals surface area contributed by atoms with Crippen LogP contribution in [-0.4, -0.2) is 30.4 Å². The molecule has 0 N–H and O–H groups in total. The summed E-state index contributed by atoms with van der Waals surface area (Å²) in [6.07, 6.45) is -16.1. The average Bonchev–Trinajstić information content (AvgIpc) is 3.39. The van der Waals surface area contributed by atoms with Crippen molar-refractivity contribution < 1.29 is 50.1 Å². The average molecular weight is 539 g/mol. The Balaban J connectivity index is 1.71. The van der Waals surface area contributed by atoms with E-state index in [1.54, 1.807) is 42.5 Å². The Kier molecular flexibility index (Phi) is 7.90. The molecule has 0 aromatic heterocycles. The van der Waals surface area contributed by atoms with Gasteiger partial charge in [-0.2, -0.15) is 31.6 Å². The molecule has 0 spiro atoms. The second-order valence-electron chi connectivity index (χ2n) is 8.55. The van der Waals surface area contributed by atoms with E-state index in [9.17, 15) is 41.2 Å². The summed E-state index contributed by atoms with van der Waals surface area (Å²) < 4.78 is 90.0. The van der Waals surface area contributed by atoms with E-state index in [1.807, 2.05) is 6.07 Å². The summed E-state index contributed by atoms with van der Waals surface area (Å²) in [6, 6.07) is 16.8. The lowest BCUT2D eigenvalue weighted by atomic mass is 10.0. The fraction of sp³-hybridized carbons (Fsp3) is 0.269. The van der Waals surface area contributed by atoms with Crippen LogP contribution in [0.15, 0.2) is 77.9 Å². The highest BCUT2D eigenvalue weighted by Crippen LogP contribution is 2.53. The van der Waals surface area contributed by atoms with Crippen molar-refractivity contribution in [3.8, 4) is 17.6 Å². The van der Waals surface area contributed by atoms with Gasteiger partial charge in [0.15, 0.2) is 0 Å². The number of hydrogen-bond acceptors (Lipinski definition) is 6. The number of nitrogens with zero attached hydrogens (tertiary/aromatic N) is 1. The van der Waals surface area contributed by atoms with Crippen molar-refractivity contribution in [1.29, 1.82) is 5.26 Å². The lowest BCUT2D eigenvalue weighted by molar-refractivity contribution is -0.312. The lowest BCUT2D eigenvalue weighted by Gasteiger charge is -2.22. The van der Waals surface area contributed by atoms with Crippen LogP contribution in [0.2, 0.25) is 0 Å². The lowest BCUT2D eigenvalue weighted by Crippen LogP contribution is -2.45. The zero-order valence-corrected chi connectivity index (χ0v) is 19.8. The number of carbonyl (C=O) groups excluding carboxylic acids is 2. The van der Waals surface area contributed by atoms with Gasteiger partial charge < -0.3 is 14.2 Å². The van der Waals surface area contributed by atoms with Gasteiger partial charge in [-0.15, -0.1) is 0 Å². The molecule has 12 heteroatoms. The third-order valence-corrected chi connectivity index (χ3v) is 5.41. The fourth-order valence-corrected chi connectivity index (χ4v) is 3.48. The second-order valence-corrected chi connectivity index (χ2v) is 8.55. The minimum Gasteiger partial charge on any atom is -0.457 e. The van der Waals surface area contributed by atoms with Crippen LogP contribution in [0.1, 0.15) is 25.5 Å². The molecule has 0 saturated heterocycles. The van der Waals surface area contributed by atoms with E-state index in [-0.39, 0.29) is 11.1 Å². The van der Waals surface area contributed by atoms with Crippen LogP contribution in [0, 0.1) is 16.7 Å². The molecule has 1 unspecified atom stereocenters. The number of nitriles is 1. The van der Waals surface area contributed by atoms with E-state index in [1.165, 1.54) is 26.0 Å². The zero-order chi connectivity index (χ0) is 28.3. The maximum atomic E-state index is 12.7. The Bertz CT molecular complexity index is 1290. The van der Waals surface area contributed by atoms with Crippen LogP contribution in [0.4, 0.5) is 26.3 Å². The number of para-hydroxylation sites is 1. The van der Waals surface area contributed by atoms with Crippen LogP contribution in [-0.2, 0) is 19.1 Å². The molecule has 0 bridgehead atoms. The fourth-order valence-electron chi connectivity index (χ4n) is 3.48. The molecule has 200 valence electrons. The number of rotatable bonds is 8. The number of ether oxygens (including phenoxy) is 3. The normalized spacial score (nSPS) is 15.7. The number of alkyl halides is 6. The first-order valence-corrected chi connectivity index (χ1v) is 10.9. The van der Waals surface area contributed by atoms with Gasteiger partial charge in [0.25, 0.3) is 6.10 Å². The Morgan fingerprint density at radius 2 is 1.53 bits per heavy atom. The van der Waals surface area contributed by atoms with Gasteiger partial charge in [0.05, 0.1) is 5.57 Å². The molecule has 1 atom stereocenters. The Labute approximate surface area is 212 Å². The minimum atomic E-state index is -5.86. The molecule has 1 aliphatic carbocycles. The van der Waals surface area contributed by atoms with Gasteiger partial charge in [-0.25, -0.2) is 9.59 Å². The molecule has 0 amide bonds. The summed E-state index contributed by atoms with van der Waals surface area (Å²) in [6.45, 7) is 3.02. The van der Waals surface area contributed by atoms with Gasteiger partial charge in [-0.3, -0.25) is 0 Å². The third-order valence-electron chi connectivity index (χ3n) is 5.41. The highest BCUT2D eigenvalue weighted by atomic mass is 19.4. The van der Waals surface area contributed by atoms with Crippen molar-refractivity contribution >= 4 is 11.9 Å².